The highest BCUT2D eigenvalue weighted by atomic mass is 19.2. The second-order valence-corrected chi connectivity index (χ2v) is 10.1. The van der Waals surface area contributed by atoms with Crippen molar-refractivity contribution >= 4 is 0 Å². The summed E-state index contributed by atoms with van der Waals surface area (Å²) < 4.78 is 26.7. The van der Waals surface area contributed by atoms with E-state index in [9.17, 15) is 8.78 Å². The van der Waals surface area contributed by atoms with Crippen molar-refractivity contribution in [2.45, 2.75) is 102 Å². The minimum Gasteiger partial charge on any atom is -0.204 e. The molecule has 0 amide bonds. The van der Waals surface area contributed by atoms with E-state index in [2.05, 4.69) is 0 Å². The molecular formula is C26H38F2. The van der Waals surface area contributed by atoms with E-state index in [0.717, 1.165) is 42.1 Å². The molecular weight excluding hydrogens is 350 g/mol. The highest BCUT2D eigenvalue weighted by Crippen LogP contribution is 2.44. The third kappa shape index (κ3) is 5.16. The Labute approximate surface area is 170 Å². The Hall–Kier alpha value is -0.920. The maximum atomic E-state index is 13.5. The van der Waals surface area contributed by atoms with Gasteiger partial charge in [-0.15, -0.1) is 0 Å². The number of rotatable bonds is 6. The van der Waals surface area contributed by atoms with Crippen LogP contribution in [0.15, 0.2) is 18.2 Å². The van der Waals surface area contributed by atoms with Crippen LogP contribution in [0.1, 0.15) is 108 Å². The Morgan fingerprint density at radius 1 is 0.643 bits per heavy atom. The molecule has 0 bridgehead atoms. The van der Waals surface area contributed by atoms with Crippen molar-refractivity contribution in [3.8, 4) is 0 Å². The highest BCUT2D eigenvalue weighted by molar-refractivity contribution is 5.22. The summed E-state index contributed by atoms with van der Waals surface area (Å²) in [6, 6.07) is 4.52. The fourth-order valence-electron chi connectivity index (χ4n) is 6.63. The zero-order chi connectivity index (χ0) is 19.3. The maximum Gasteiger partial charge on any atom is 0.159 e. The molecule has 3 saturated carbocycles. The van der Waals surface area contributed by atoms with E-state index in [1.807, 2.05) is 0 Å². The van der Waals surface area contributed by atoms with Gasteiger partial charge in [0.25, 0.3) is 0 Å². The van der Waals surface area contributed by atoms with Crippen LogP contribution in [0.25, 0.3) is 0 Å². The van der Waals surface area contributed by atoms with Crippen molar-refractivity contribution in [3.63, 3.8) is 0 Å². The van der Waals surface area contributed by atoms with Gasteiger partial charge in [-0.25, -0.2) is 8.78 Å². The molecule has 3 fully saturated rings. The smallest absolute Gasteiger partial charge is 0.159 e. The predicted octanol–water partition coefficient (Wildman–Crippen LogP) is 8.41. The van der Waals surface area contributed by atoms with Crippen LogP contribution in [0.3, 0.4) is 0 Å². The van der Waals surface area contributed by atoms with Crippen LogP contribution >= 0.6 is 0 Å². The minimum absolute atomic E-state index is 0.429. The molecule has 0 aromatic heterocycles. The first-order valence-corrected chi connectivity index (χ1v) is 12.1. The van der Waals surface area contributed by atoms with E-state index in [1.54, 1.807) is 6.07 Å². The van der Waals surface area contributed by atoms with Gasteiger partial charge in [0.15, 0.2) is 11.6 Å². The fourth-order valence-corrected chi connectivity index (χ4v) is 6.63. The van der Waals surface area contributed by atoms with Crippen LogP contribution in [0, 0.1) is 35.3 Å². The zero-order valence-electron chi connectivity index (χ0n) is 17.5. The lowest BCUT2D eigenvalue weighted by molar-refractivity contribution is 0.155. The molecule has 156 valence electrons. The van der Waals surface area contributed by atoms with Crippen molar-refractivity contribution in [2.24, 2.45) is 23.7 Å². The van der Waals surface area contributed by atoms with E-state index >= 15 is 0 Å². The van der Waals surface area contributed by atoms with Crippen LogP contribution in [0.4, 0.5) is 8.78 Å². The van der Waals surface area contributed by atoms with Crippen molar-refractivity contribution in [2.75, 3.05) is 0 Å². The second kappa shape index (κ2) is 9.72. The summed E-state index contributed by atoms with van der Waals surface area (Å²) in [7, 11) is 0. The van der Waals surface area contributed by atoms with E-state index in [1.165, 1.54) is 95.6 Å². The Bertz CT molecular complexity index is 603. The van der Waals surface area contributed by atoms with E-state index in [0.29, 0.717) is 5.92 Å². The minimum atomic E-state index is -0.725. The quantitative estimate of drug-likeness (QED) is 0.459. The molecule has 0 spiro atoms. The first-order chi connectivity index (χ1) is 13.7. The third-order valence-corrected chi connectivity index (χ3v) is 8.44. The van der Waals surface area contributed by atoms with Crippen molar-refractivity contribution < 1.29 is 8.78 Å². The molecule has 3 aliphatic rings. The monoisotopic (exact) mass is 388 g/mol. The largest absolute Gasteiger partial charge is 0.204 e. The van der Waals surface area contributed by atoms with Gasteiger partial charge < -0.3 is 0 Å². The van der Waals surface area contributed by atoms with Gasteiger partial charge in [-0.1, -0.05) is 63.9 Å². The van der Waals surface area contributed by atoms with Gasteiger partial charge in [-0.3, -0.25) is 0 Å². The lowest BCUT2D eigenvalue weighted by Gasteiger charge is -2.38. The summed E-state index contributed by atoms with van der Waals surface area (Å²) in [4.78, 5) is 0. The molecule has 28 heavy (non-hydrogen) atoms. The summed E-state index contributed by atoms with van der Waals surface area (Å²) in [5, 5.41) is 0. The van der Waals surface area contributed by atoms with Crippen LogP contribution in [0.2, 0.25) is 0 Å². The third-order valence-electron chi connectivity index (χ3n) is 8.44. The Morgan fingerprint density at radius 2 is 1.21 bits per heavy atom. The van der Waals surface area contributed by atoms with Gasteiger partial charge in [0.05, 0.1) is 0 Å². The molecule has 0 nitrogen and oxygen atoms in total. The molecule has 0 atom stereocenters. The lowest BCUT2D eigenvalue weighted by atomic mass is 9.68. The topological polar surface area (TPSA) is 0 Å². The number of halogens is 2. The van der Waals surface area contributed by atoms with Gasteiger partial charge in [0, 0.05) is 0 Å². The Balaban J connectivity index is 1.16. The van der Waals surface area contributed by atoms with Crippen molar-refractivity contribution in [1.82, 2.24) is 0 Å². The molecule has 1 aromatic carbocycles. The fraction of sp³-hybridized carbons (Fsp3) is 0.769. The molecule has 0 unspecified atom stereocenters. The summed E-state index contributed by atoms with van der Waals surface area (Å²) >= 11 is 0. The molecule has 3 aliphatic carbocycles. The van der Waals surface area contributed by atoms with Gasteiger partial charge >= 0.3 is 0 Å². The second-order valence-electron chi connectivity index (χ2n) is 10.1. The van der Waals surface area contributed by atoms with Crippen LogP contribution in [0.5, 0.6) is 0 Å². The standard InChI is InChI=1S/C26H38F2/c27-25-17-16-24(18-26(25)28)23-14-12-22(13-15-23)21-10-8-20(9-11-21)7-3-6-19-4-1-2-5-19/h16-23H,1-15H2. The molecule has 1 aromatic rings. The van der Waals surface area contributed by atoms with Gasteiger partial charge in [0.1, 0.15) is 0 Å². The molecule has 4 rings (SSSR count). The SMILES string of the molecule is Fc1ccc(C2CCC(C3CCC(CCCC4CCCC4)CC3)CC2)cc1F. The summed E-state index contributed by atoms with van der Waals surface area (Å²) in [6.45, 7) is 0. The molecule has 2 heteroatoms. The highest BCUT2D eigenvalue weighted by Gasteiger charge is 2.31. The van der Waals surface area contributed by atoms with Crippen molar-refractivity contribution in [1.29, 1.82) is 0 Å². The predicted molar refractivity (Wildman–Crippen MR) is 112 cm³/mol. The molecule has 0 saturated heterocycles. The van der Waals surface area contributed by atoms with Crippen molar-refractivity contribution in [3.05, 3.63) is 35.4 Å². The summed E-state index contributed by atoms with van der Waals surface area (Å²) in [5.41, 5.74) is 1.00. The number of benzene rings is 1. The van der Waals surface area contributed by atoms with Gasteiger partial charge in [-0.05, 0) is 85.8 Å². The van der Waals surface area contributed by atoms with Crippen LogP contribution in [-0.4, -0.2) is 0 Å². The summed E-state index contributed by atoms with van der Waals surface area (Å²) in [5.74, 6) is 2.87. The van der Waals surface area contributed by atoms with E-state index < -0.39 is 11.6 Å². The first kappa shape index (κ1) is 20.4. The average Bonchev–Trinajstić information content (AvgIpc) is 3.24. The molecule has 0 N–H and O–H groups in total. The zero-order valence-corrected chi connectivity index (χ0v) is 17.5. The molecule has 0 heterocycles. The van der Waals surface area contributed by atoms with E-state index in [4.69, 9.17) is 0 Å². The summed E-state index contributed by atoms with van der Waals surface area (Å²) in [6.07, 6.45) is 21.1. The molecule has 0 aliphatic heterocycles. The normalized spacial score (nSPS) is 31.9. The van der Waals surface area contributed by atoms with E-state index in [-0.39, 0.29) is 0 Å². The van der Waals surface area contributed by atoms with Crippen LogP contribution < -0.4 is 0 Å². The lowest BCUT2D eigenvalue weighted by Crippen LogP contribution is -2.25. The number of hydrogen-bond donors (Lipinski definition) is 0. The van der Waals surface area contributed by atoms with Gasteiger partial charge in [-0.2, -0.15) is 0 Å². The van der Waals surface area contributed by atoms with Crippen LogP contribution in [-0.2, 0) is 0 Å². The maximum absolute atomic E-state index is 13.5. The average molecular weight is 389 g/mol. The molecule has 0 radical (unpaired) electrons. The number of hydrogen-bond acceptors (Lipinski definition) is 0. The van der Waals surface area contributed by atoms with Gasteiger partial charge in [0.2, 0.25) is 0 Å². The Kier molecular flexibility index (Phi) is 7.07. The first-order valence-electron chi connectivity index (χ1n) is 12.1. The Morgan fingerprint density at radius 3 is 1.82 bits per heavy atom.